The van der Waals surface area contributed by atoms with E-state index in [-0.39, 0.29) is 17.8 Å². The van der Waals surface area contributed by atoms with Crippen LogP contribution in [0.15, 0.2) is 21.4 Å². The molecule has 0 spiro atoms. The SMILES string of the molecule is CCCc1cc(=O)oc2c3c(c4c(c12)OC(C)(C)C=C4)O[C@H]1CCCC[C@H]1C3=O. The molecule has 152 valence electrons. The van der Waals surface area contributed by atoms with Crippen molar-refractivity contribution in [3.05, 3.63) is 39.3 Å². The molecule has 0 radical (unpaired) electrons. The Kier molecular flexibility index (Phi) is 4.12. The quantitative estimate of drug-likeness (QED) is 0.666. The van der Waals surface area contributed by atoms with Gasteiger partial charge < -0.3 is 13.9 Å². The summed E-state index contributed by atoms with van der Waals surface area (Å²) >= 11 is 0. The molecule has 0 amide bonds. The summed E-state index contributed by atoms with van der Waals surface area (Å²) in [7, 11) is 0. The topological polar surface area (TPSA) is 65.7 Å². The molecule has 1 aliphatic carbocycles. The van der Waals surface area contributed by atoms with E-state index in [4.69, 9.17) is 13.9 Å². The van der Waals surface area contributed by atoms with Crippen LogP contribution in [0.5, 0.6) is 11.5 Å². The van der Waals surface area contributed by atoms with Crippen LogP contribution >= 0.6 is 0 Å². The normalized spacial score (nSPS) is 24.3. The number of hydrogen-bond acceptors (Lipinski definition) is 5. The van der Waals surface area contributed by atoms with Crippen LogP contribution in [0, 0.1) is 5.92 Å². The molecule has 0 unspecified atom stereocenters. The number of carbonyl (C=O) groups excluding carboxylic acids is 1. The lowest BCUT2D eigenvalue weighted by molar-refractivity contribution is 0.0521. The van der Waals surface area contributed by atoms with Crippen molar-refractivity contribution in [3.8, 4) is 11.5 Å². The van der Waals surface area contributed by atoms with Gasteiger partial charge in [0.15, 0.2) is 11.4 Å². The molecule has 1 aromatic carbocycles. The van der Waals surface area contributed by atoms with Crippen LogP contribution in [0.2, 0.25) is 0 Å². The highest BCUT2D eigenvalue weighted by molar-refractivity contribution is 6.14. The largest absolute Gasteiger partial charge is 0.488 e. The first kappa shape index (κ1) is 18.5. The van der Waals surface area contributed by atoms with Gasteiger partial charge in [-0.25, -0.2) is 4.79 Å². The second-order valence-electron chi connectivity index (χ2n) is 8.94. The van der Waals surface area contributed by atoms with Crippen molar-refractivity contribution in [1.29, 1.82) is 0 Å². The predicted octanol–water partition coefficient (Wildman–Crippen LogP) is 5.06. The number of hydrogen-bond donors (Lipinski definition) is 0. The first-order valence-corrected chi connectivity index (χ1v) is 10.7. The van der Waals surface area contributed by atoms with Crippen LogP contribution in [0.4, 0.5) is 0 Å². The molecule has 0 bridgehead atoms. The van der Waals surface area contributed by atoms with Crippen molar-refractivity contribution >= 4 is 22.8 Å². The van der Waals surface area contributed by atoms with Crippen molar-refractivity contribution in [2.45, 2.75) is 71.0 Å². The van der Waals surface area contributed by atoms with E-state index in [1.165, 1.54) is 6.07 Å². The smallest absolute Gasteiger partial charge is 0.336 e. The number of aryl methyl sites for hydroxylation is 1. The van der Waals surface area contributed by atoms with Gasteiger partial charge in [0, 0.05) is 6.07 Å². The molecule has 2 aliphatic heterocycles. The van der Waals surface area contributed by atoms with Crippen molar-refractivity contribution in [2.75, 3.05) is 0 Å². The lowest BCUT2D eigenvalue weighted by Crippen LogP contribution is -2.40. The number of rotatable bonds is 2. The van der Waals surface area contributed by atoms with Gasteiger partial charge in [-0.05, 0) is 57.2 Å². The average Bonchev–Trinajstić information content (AvgIpc) is 2.67. The summed E-state index contributed by atoms with van der Waals surface area (Å²) in [5.41, 5.74) is 1.46. The molecule has 2 atom stereocenters. The van der Waals surface area contributed by atoms with Crippen molar-refractivity contribution in [2.24, 2.45) is 5.92 Å². The molecule has 1 saturated carbocycles. The van der Waals surface area contributed by atoms with Crippen LogP contribution in [0.1, 0.15) is 74.4 Å². The first-order valence-electron chi connectivity index (χ1n) is 10.7. The molecule has 1 fully saturated rings. The second kappa shape index (κ2) is 6.48. The highest BCUT2D eigenvalue weighted by atomic mass is 16.5. The highest BCUT2D eigenvalue weighted by Gasteiger charge is 2.43. The summed E-state index contributed by atoms with van der Waals surface area (Å²) in [6.45, 7) is 6.04. The average molecular weight is 394 g/mol. The van der Waals surface area contributed by atoms with Gasteiger partial charge in [-0.15, -0.1) is 0 Å². The Bertz CT molecular complexity index is 1100. The fourth-order valence-electron chi connectivity index (χ4n) is 4.97. The molecule has 5 rings (SSSR count). The number of benzene rings is 1. The van der Waals surface area contributed by atoms with Crippen LogP contribution in [0.25, 0.3) is 17.0 Å². The fraction of sp³-hybridized carbons (Fsp3) is 0.500. The van der Waals surface area contributed by atoms with Crippen molar-refractivity contribution in [3.63, 3.8) is 0 Å². The monoisotopic (exact) mass is 394 g/mol. The summed E-state index contributed by atoms with van der Waals surface area (Å²) in [6, 6.07) is 1.53. The summed E-state index contributed by atoms with van der Waals surface area (Å²) in [5.74, 6) is 1.05. The third-order valence-corrected chi connectivity index (χ3v) is 6.30. The van der Waals surface area contributed by atoms with Gasteiger partial charge in [-0.1, -0.05) is 19.8 Å². The van der Waals surface area contributed by atoms with E-state index in [1.54, 1.807) is 0 Å². The number of carbonyl (C=O) groups is 1. The second-order valence-corrected chi connectivity index (χ2v) is 8.94. The molecular weight excluding hydrogens is 368 g/mol. The Labute approximate surface area is 169 Å². The van der Waals surface area contributed by atoms with Crippen LogP contribution < -0.4 is 15.1 Å². The Hall–Kier alpha value is -2.56. The zero-order chi connectivity index (χ0) is 20.3. The summed E-state index contributed by atoms with van der Waals surface area (Å²) < 4.78 is 18.4. The zero-order valence-electron chi connectivity index (χ0n) is 17.2. The molecule has 5 heteroatoms. The van der Waals surface area contributed by atoms with E-state index >= 15 is 0 Å². The van der Waals surface area contributed by atoms with Crippen LogP contribution in [-0.4, -0.2) is 17.5 Å². The Morgan fingerprint density at radius 1 is 1.14 bits per heavy atom. The van der Waals surface area contributed by atoms with Gasteiger partial charge >= 0.3 is 5.63 Å². The molecule has 3 aliphatic rings. The molecule has 2 aromatic rings. The van der Waals surface area contributed by atoms with Crippen LogP contribution in [-0.2, 0) is 6.42 Å². The Balaban J connectivity index is 1.88. The van der Waals surface area contributed by atoms with E-state index in [1.807, 2.05) is 26.0 Å². The predicted molar refractivity (Wildman–Crippen MR) is 111 cm³/mol. The Morgan fingerprint density at radius 2 is 1.93 bits per heavy atom. The third kappa shape index (κ3) is 2.82. The Morgan fingerprint density at radius 3 is 2.72 bits per heavy atom. The molecule has 0 saturated heterocycles. The van der Waals surface area contributed by atoms with Gasteiger partial charge in [0.1, 0.15) is 28.8 Å². The highest BCUT2D eigenvalue weighted by Crippen LogP contribution is 2.50. The minimum Gasteiger partial charge on any atom is -0.488 e. The van der Waals surface area contributed by atoms with E-state index in [2.05, 4.69) is 6.92 Å². The zero-order valence-corrected chi connectivity index (χ0v) is 17.2. The van der Waals surface area contributed by atoms with Crippen molar-refractivity contribution < 1.29 is 18.7 Å². The van der Waals surface area contributed by atoms with E-state index in [0.29, 0.717) is 29.1 Å². The minimum atomic E-state index is -0.500. The number of ether oxygens (including phenoxy) is 2. The van der Waals surface area contributed by atoms with Gasteiger partial charge in [0.25, 0.3) is 0 Å². The summed E-state index contributed by atoms with van der Waals surface area (Å²) in [4.78, 5) is 25.9. The van der Waals surface area contributed by atoms with Gasteiger partial charge in [0.05, 0.1) is 16.9 Å². The number of fused-ring (bicyclic) bond motifs is 7. The molecule has 5 nitrogen and oxygen atoms in total. The summed E-state index contributed by atoms with van der Waals surface area (Å²) in [5, 5.41) is 0.740. The fourth-order valence-corrected chi connectivity index (χ4v) is 4.97. The third-order valence-electron chi connectivity index (χ3n) is 6.30. The lowest BCUT2D eigenvalue weighted by atomic mass is 9.78. The number of ketones is 1. The van der Waals surface area contributed by atoms with E-state index in [0.717, 1.165) is 48.6 Å². The minimum absolute atomic E-state index is 0.0405. The van der Waals surface area contributed by atoms with Gasteiger partial charge in [-0.2, -0.15) is 0 Å². The number of Topliss-reactive ketones (excluding diaryl/α,β-unsaturated/α-hetero) is 1. The molecule has 0 N–H and O–H groups in total. The van der Waals surface area contributed by atoms with Gasteiger partial charge in [0.2, 0.25) is 0 Å². The molecule has 29 heavy (non-hydrogen) atoms. The standard InChI is InChI=1S/C24H26O5/c1-4-7-13-12-17(25)28-23-18(13)22-15(10-11-24(2,3)29-22)21-19(23)20(26)14-8-5-6-9-16(14)27-21/h10-12,14,16H,4-9H2,1-3H3/t14-,16+/m1/s1. The molecular formula is C24H26O5. The van der Waals surface area contributed by atoms with Crippen LogP contribution in [0.3, 0.4) is 0 Å². The van der Waals surface area contributed by atoms with Crippen molar-refractivity contribution in [1.82, 2.24) is 0 Å². The lowest BCUT2D eigenvalue weighted by Gasteiger charge is -2.38. The maximum atomic E-state index is 13.6. The van der Waals surface area contributed by atoms with Gasteiger partial charge in [-0.3, -0.25) is 4.79 Å². The first-order chi connectivity index (χ1) is 13.9. The molecule has 3 heterocycles. The maximum Gasteiger partial charge on any atom is 0.336 e. The molecule has 1 aromatic heterocycles. The van der Waals surface area contributed by atoms with E-state index < -0.39 is 11.2 Å². The maximum absolute atomic E-state index is 13.6. The summed E-state index contributed by atoms with van der Waals surface area (Å²) in [6.07, 6.45) is 9.23. The van der Waals surface area contributed by atoms with E-state index in [9.17, 15) is 9.59 Å².